The Morgan fingerprint density at radius 3 is 2.91 bits per heavy atom. The summed E-state index contributed by atoms with van der Waals surface area (Å²) < 4.78 is 39.5. The lowest BCUT2D eigenvalue weighted by atomic mass is 10.1. The number of carbonyl (C=O) groups excluding carboxylic acids is 1. The van der Waals surface area contributed by atoms with Gasteiger partial charge in [-0.3, -0.25) is 4.79 Å². The largest absolute Gasteiger partial charge is 0.497 e. The third-order valence-electron chi connectivity index (χ3n) is 3.17. The molecule has 2 N–H and O–H groups in total. The standard InChI is InChI=1S/C14H18F2N2O4.ClH/c1-20-10-2-3-12(22-14(15)16)9(6-10)7-18-13(19)11-8-21-5-4-17-11;/h2-3,6,11,14,17H,4-5,7-8H2,1H3,(H,18,19);1H. The van der Waals surface area contributed by atoms with Crippen molar-refractivity contribution in [1.29, 1.82) is 0 Å². The lowest BCUT2D eigenvalue weighted by molar-refractivity contribution is -0.126. The molecule has 0 aliphatic carbocycles. The number of ether oxygens (including phenoxy) is 3. The van der Waals surface area contributed by atoms with Crippen molar-refractivity contribution in [2.45, 2.75) is 19.2 Å². The second kappa shape index (κ2) is 9.49. The second-order valence-electron chi connectivity index (χ2n) is 4.65. The molecule has 23 heavy (non-hydrogen) atoms. The first-order valence-corrected chi connectivity index (χ1v) is 6.80. The van der Waals surface area contributed by atoms with Crippen molar-refractivity contribution < 1.29 is 27.8 Å². The van der Waals surface area contributed by atoms with Crippen molar-refractivity contribution in [3.8, 4) is 11.5 Å². The highest BCUT2D eigenvalue weighted by Gasteiger charge is 2.21. The van der Waals surface area contributed by atoms with Gasteiger partial charge in [-0.25, -0.2) is 0 Å². The van der Waals surface area contributed by atoms with Crippen LogP contribution >= 0.6 is 12.4 Å². The molecule has 0 spiro atoms. The molecule has 0 bridgehead atoms. The summed E-state index contributed by atoms with van der Waals surface area (Å²) in [5, 5.41) is 5.68. The number of morpholine rings is 1. The van der Waals surface area contributed by atoms with Crippen molar-refractivity contribution in [3.63, 3.8) is 0 Å². The molecule has 1 aliphatic heterocycles. The van der Waals surface area contributed by atoms with Gasteiger partial charge in [0.2, 0.25) is 5.91 Å². The summed E-state index contributed by atoms with van der Waals surface area (Å²) in [4.78, 5) is 12.0. The first-order chi connectivity index (χ1) is 10.6. The lowest BCUT2D eigenvalue weighted by Gasteiger charge is -2.23. The molecule has 1 heterocycles. The van der Waals surface area contributed by atoms with Crippen LogP contribution < -0.4 is 20.1 Å². The van der Waals surface area contributed by atoms with Gasteiger partial charge in [0.15, 0.2) is 0 Å². The number of hydrogen-bond acceptors (Lipinski definition) is 5. The summed E-state index contributed by atoms with van der Waals surface area (Å²) in [6, 6.07) is 4.00. The summed E-state index contributed by atoms with van der Waals surface area (Å²) >= 11 is 0. The molecule has 1 amide bonds. The fourth-order valence-electron chi connectivity index (χ4n) is 2.07. The maximum absolute atomic E-state index is 12.4. The Kier molecular flexibility index (Phi) is 8.01. The molecular weight excluding hydrogens is 334 g/mol. The van der Waals surface area contributed by atoms with Gasteiger partial charge in [-0.05, 0) is 18.2 Å². The maximum Gasteiger partial charge on any atom is 0.387 e. The molecule has 1 atom stereocenters. The van der Waals surface area contributed by atoms with E-state index >= 15 is 0 Å². The molecule has 9 heteroatoms. The minimum absolute atomic E-state index is 0. The summed E-state index contributed by atoms with van der Waals surface area (Å²) in [6.45, 7) is -1.44. The van der Waals surface area contributed by atoms with E-state index in [2.05, 4.69) is 15.4 Å². The zero-order chi connectivity index (χ0) is 15.9. The highest BCUT2D eigenvalue weighted by atomic mass is 35.5. The molecule has 1 unspecified atom stereocenters. The van der Waals surface area contributed by atoms with Crippen LogP contribution in [-0.2, 0) is 16.1 Å². The summed E-state index contributed by atoms with van der Waals surface area (Å²) in [7, 11) is 1.47. The van der Waals surface area contributed by atoms with Gasteiger partial charge in [-0.15, -0.1) is 12.4 Å². The fraction of sp³-hybridized carbons (Fsp3) is 0.500. The topological polar surface area (TPSA) is 68.8 Å². The number of amides is 1. The average molecular weight is 353 g/mol. The molecule has 130 valence electrons. The molecule has 1 aromatic carbocycles. The minimum Gasteiger partial charge on any atom is -0.497 e. The van der Waals surface area contributed by atoms with E-state index in [9.17, 15) is 13.6 Å². The monoisotopic (exact) mass is 352 g/mol. The van der Waals surface area contributed by atoms with Crippen LogP contribution in [0.5, 0.6) is 11.5 Å². The lowest BCUT2D eigenvalue weighted by Crippen LogP contribution is -2.51. The Morgan fingerprint density at radius 1 is 1.52 bits per heavy atom. The molecule has 1 saturated heterocycles. The highest BCUT2D eigenvalue weighted by Crippen LogP contribution is 2.25. The molecular formula is C14H19ClF2N2O4. The maximum atomic E-state index is 12.4. The van der Waals surface area contributed by atoms with Crippen LogP contribution in [-0.4, -0.2) is 45.4 Å². The minimum atomic E-state index is -2.93. The van der Waals surface area contributed by atoms with Gasteiger partial charge < -0.3 is 24.8 Å². The van der Waals surface area contributed by atoms with Gasteiger partial charge in [-0.2, -0.15) is 8.78 Å². The third kappa shape index (κ3) is 5.81. The Hall–Kier alpha value is -1.64. The van der Waals surface area contributed by atoms with Crippen LogP contribution in [0.1, 0.15) is 5.56 Å². The molecule has 1 aliphatic rings. The molecule has 1 aromatic rings. The predicted molar refractivity (Wildman–Crippen MR) is 81.3 cm³/mol. The van der Waals surface area contributed by atoms with Crippen molar-refractivity contribution in [3.05, 3.63) is 23.8 Å². The Balaban J connectivity index is 0.00000264. The number of benzene rings is 1. The third-order valence-corrected chi connectivity index (χ3v) is 3.17. The SMILES string of the molecule is COc1ccc(OC(F)F)c(CNC(=O)C2COCCN2)c1.Cl. The van der Waals surface area contributed by atoms with Gasteiger partial charge in [0.05, 0.1) is 20.3 Å². The number of rotatable bonds is 6. The van der Waals surface area contributed by atoms with Gasteiger partial charge in [0.1, 0.15) is 17.5 Å². The quantitative estimate of drug-likeness (QED) is 0.808. The number of halogens is 3. The number of alkyl halides is 2. The molecule has 0 radical (unpaired) electrons. The van der Waals surface area contributed by atoms with Gasteiger partial charge >= 0.3 is 6.61 Å². The average Bonchev–Trinajstić information content (AvgIpc) is 2.54. The highest BCUT2D eigenvalue weighted by molar-refractivity contribution is 5.85. The summed E-state index contributed by atoms with van der Waals surface area (Å²) in [5.74, 6) is 0.236. The normalized spacial score (nSPS) is 17.3. The van der Waals surface area contributed by atoms with Crippen LogP contribution in [0, 0.1) is 0 Å². The fourth-order valence-corrected chi connectivity index (χ4v) is 2.07. The summed E-state index contributed by atoms with van der Waals surface area (Å²) in [6.07, 6.45) is 0. The van der Waals surface area contributed by atoms with E-state index in [0.29, 0.717) is 24.5 Å². The predicted octanol–water partition coefficient (Wildman–Crippen LogP) is 1.32. The van der Waals surface area contributed by atoms with Gasteiger partial charge in [-0.1, -0.05) is 0 Å². The molecule has 6 nitrogen and oxygen atoms in total. The van der Waals surface area contributed by atoms with E-state index in [1.165, 1.54) is 19.2 Å². The zero-order valence-corrected chi connectivity index (χ0v) is 13.3. The van der Waals surface area contributed by atoms with Crippen molar-refractivity contribution in [1.82, 2.24) is 10.6 Å². The first-order valence-electron chi connectivity index (χ1n) is 6.80. The van der Waals surface area contributed by atoms with Crippen LogP contribution in [0.25, 0.3) is 0 Å². The van der Waals surface area contributed by atoms with E-state index in [1.54, 1.807) is 6.07 Å². The van der Waals surface area contributed by atoms with E-state index in [0.717, 1.165) is 0 Å². The van der Waals surface area contributed by atoms with Crippen molar-refractivity contribution in [2.24, 2.45) is 0 Å². The van der Waals surface area contributed by atoms with E-state index in [1.807, 2.05) is 0 Å². The Morgan fingerprint density at radius 2 is 2.30 bits per heavy atom. The number of nitrogens with one attached hydrogen (secondary N) is 2. The van der Waals surface area contributed by atoms with Crippen LogP contribution in [0.2, 0.25) is 0 Å². The number of methoxy groups -OCH3 is 1. The number of hydrogen-bond donors (Lipinski definition) is 2. The zero-order valence-electron chi connectivity index (χ0n) is 12.5. The van der Waals surface area contributed by atoms with E-state index < -0.39 is 12.7 Å². The van der Waals surface area contributed by atoms with Crippen LogP contribution in [0.4, 0.5) is 8.78 Å². The van der Waals surface area contributed by atoms with Gasteiger partial charge in [0, 0.05) is 18.7 Å². The smallest absolute Gasteiger partial charge is 0.387 e. The molecule has 2 rings (SSSR count). The molecule has 0 saturated carbocycles. The van der Waals surface area contributed by atoms with Crippen molar-refractivity contribution >= 4 is 18.3 Å². The molecule has 0 aromatic heterocycles. The number of carbonyl (C=O) groups is 1. The van der Waals surface area contributed by atoms with Gasteiger partial charge in [0.25, 0.3) is 0 Å². The molecule has 1 fully saturated rings. The Labute approximate surface area is 138 Å². The van der Waals surface area contributed by atoms with E-state index in [4.69, 9.17) is 9.47 Å². The summed E-state index contributed by atoms with van der Waals surface area (Å²) in [5.41, 5.74) is 0.407. The Bertz CT molecular complexity index is 514. The van der Waals surface area contributed by atoms with Crippen LogP contribution in [0.15, 0.2) is 18.2 Å². The van der Waals surface area contributed by atoms with Crippen LogP contribution in [0.3, 0.4) is 0 Å². The first kappa shape index (κ1) is 19.4. The second-order valence-corrected chi connectivity index (χ2v) is 4.65. The van der Waals surface area contributed by atoms with E-state index in [-0.39, 0.29) is 37.2 Å². The van der Waals surface area contributed by atoms with Crippen molar-refractivity contribution in [2.75, 3.05) is 26.9 Å².